The molecule has 0 saturated heterocycles. The van der Waals surface area contributed by atoms with Crippen LogP contribution in [0.15, 0.2) is 0 Å². The number of hydrogen-bond donors (Lipinski definition) is 5. The lowest BCUT2D eigenvalue weighted by atomic mass is 10.3. The zero-order valence-electron chi connectivity index (χ0n) is 6.98. The van der Waals surface area contributed by atoms with Gasteiger partial charge in [-0.05, 0) is 6.42 Å². The van der Waals surface area contributed by atoms with Crippen LogP contribution in [0.3, 0.4) is 0 Å². The van der Waals surface area contributed by atoms with E-state index in [4.69, 9.17) is 24.9 Å². The van der Waals surface area contributed by atoms with Gasteiger partial charge in [-0.3, -0.25) is 4.89 Å². The van der Waals surface area contributed by atoms with E-state index in [2.05, 4.69) is 0 Å². The largest absolute Gasteiger partial charge is 0.654 e. The molecule has 5 N–H and O–H groups in total. The molecule has 0 aliphatic heterocycles. The van der Waals surface area contributed by atoms with Crippen LogP contribution < -0.4 is 14.7 Å². The molecule has 0 fully saturated rings. The normalized spacial score (nSPS) is 18.0. The van der Waals surface area contributed by atoms with Gasteiger partial charge in [0.25, 0.3) is 0 Å². The van der Waals surface area contributed by atoms with Crippen LogP contribution in [0.4, 0.5) is 0 Å². The maximum absolute atomic E-state index is 10.6. The molecule has 0 spiro atoms. The maximum atomic E-state index is 10.6. The van der Waals surface area contributed by atoms with E-state index in [1.807, 2.05) is 0 Å². The summed E-state index contributed by atoms with van der Waals surface area (Å²) >= 11 is 0. The Kier molecular flexibility index (Phi) is 4.77. The maximum Gasteiger partial charge on any atom is 0.340 e. The monoisotopic (exact) mass is 249 g/mol. The Labute approximate surface area is 80.9 Å². The SMILES string of the molecule is [O-][P+]([O-])(O)C(O)(CCCO)[P+]([O-])(O)O. The van der Waals surface area contributed by atoms with E-state index in [-0.39, 0.29) is 6.42 Å². The third-order valence-corrected chi connectivity index (χ3v) is 5.41. The van der Waals surface area contributed by atoms with Gasteiger partial charge in [0.2, 0.25) is 0 Å². The molecular formula is C4H11O8P2-. The molecular weight excluding hydrogens is 238 g/mol. The Bertz CT molecular complexity index is 169. The lowest BCUT2D eigenvalue weighted by Gasteiger charge is -2.43. The van der Waals surface area contributed by atoms with Crippen molar-refractivity contribution in [1.29, 1.82) is 0 Å². The van der Waals surface area contributed by atoms with Crippen molar-refractivity contribution in [2.75, 3.05) is 6.61 Å². The minimum Gasteiger partial charge on any atom is -0.654 e. The van der Waals surface area contributed by atoms with Gasteiger partial charge in [-0.1, -0.05) is 0 Å². The molecule has 0 heterocycles. The highest BCUT2D eigenvalue weighted by Gasteiger charge is 2.61. The fraction of sp³-hybridized carbons (Fsp3) is 1.00. The molecule has 0 aromatic carbocycles. The van der Waals surface area contributed by atoms with Gasteiger partial charge in [-0.15, -0.1) is 0 Å². The quantitative estimate of drug-likeness (QED) is 0.306. The van der Waals surface area contributed by atoms with E-state index >= 15 is 0 Å². The molecule has 8 nitrogen and oxygen atoms in total. The Balaban J connectivity index is 4.87. The van der Waals surface area contributed by atoms with Crippen molar-refractivity contribution in [1.82, 2.24) is 0 Å². The minimum absolute atomic E-state index is 0.367. The Morgan fingerprint density at radius 2 is 1.50 bits per heavy atom. The summed E-state index contributed by atoms with van der Waals surface area (Å²) in [4.78, 5) is 57.3. The number of rotatable bonds is 5. The first-order valence-electron chi connectivity index (χ1n) is 3.49. The van der Waals surface area contributed by atoms with Crippen LogP contribution in [0.2, 0.25) is 0 Å². The molecule has 0 aromatic heterocycles. The summed E-state index contributed by atoms with van der Waals surface area (Å²) < 4.78 is 0. The van der Waals surface area contributed by atoms with Crippen LogP contribution in [0, 0.1) is 0 Å². The number of aliphatic hydroxyl groups excluding tert-OH is 1. The van der Waals surface area contributed by atoms with Crippen molar-refractivity contribution in [3.63, 3.8) is 0 Å². The average Bonchev–Trinajstić information content (AvgIpc) is 1.95. The van der Waals surface area contributed by atoms with Gasteiger partial charge in [0.15, 0.2) is 0 Å². The van der Waals surface area contributed by atoms with E-state index in [0.29, 0.717) is 0 Å². The lowest BCUT2D eigenvalue weighted by molar-refractivity contribution is -0.347. The number of hydrogen-bond acceptors (Lipinski definition) is 8. The average molecular weight is 249 g/mol. The molecule has 0 rings (SSSR count). The van der Waals surface area contributed by atoms with Crippen LogP contribution in [-0.4, -0.2) is 36.6 Å². The molecule has 0 amide bonds. The van der Waals surface area contributed by atoms with Gasteiger partial charge in [-0.25, -0.2) is 9.79 Å². The molecule has 1 unspecified atom stereocenters. The van der Waals surface area contributed by atoms with Crippen molar-refractivity contribution in [3.8, 4) is 0 Å². The lowest BCUT2D eigenvalue weighted by Crippen LogP contribution is -2.48. The molecule has 0 bridgehead atoms. The fourth-order valence-electron chi connectivity index (χ4n) is 0.768. The molecule has 0 saturated carbocycles. The van der Waals surface area contributed by atoms with Crippen molar-refractivity contribution in [2.45, 2.75) is 17.9 Å². The topological polar surface area (TPSA) is 170 Å². The first-order chi connectivity index (χ1) is 6.06. The van der Waals surface area contributed by atoms with Gasteiger partial charge in [-0.2, -0.15) is 0 Å². The minimum atomic E-state index is -5.61. The zero-order chi connectivity index (χ0) is 11.6. The summed E-state index contributed by atoms with van der Waals surface area (Å²) in [6.45, 7) is -0.567. The second-order valence-corrected chi connectivity index (χ2v) is 6.63. The highest BCUT2D eigenvalue weighted by Crippen LogP contribution is 2.71. The summed E-state index contributed by atoms with van der Waals surface area (Å²) in [5, 5.41) is 13.9. The van der Waals surface area contributed by atoms with E-state index < -0.39 is 34.0 Å². The Morgan fingerprint density at radius 3 is 1.71 bits per heavy atom. The molecule has 10 heteroatoms. The molecule has 1 atom stereocenters. The Hall–Kier alpha value is 0.540. The third kappa shape index (κ3) is 3.01. The molecule has 0 aromatic rings. The summed E-state index contributed by atoms with van der Waals surface area (Å²) in [5.41, 5.74) is 0. The van der Waals surface area contributed by atoms with Gasteiger partial charge in [0.1, 0.15) is 7.94 Å². The third-order valence-electron chi connectivity index (χ3n) is 1.59. The van der Waals surface area contributed by atoms with Crippen LogP contribution in [0.5, 0.6) is 0 Å². The van der Waals surface area contributed by atoms with Gasteiger partial charge in [0, 0.05) is 6.61 Å². The zero-order valence-corrected chi connectivity index (χ0v) is 8.77. The summed E-state index contributed by atoms with van der Waals surface area (Å²) in [6, 6.07) is 0. The molecule has 86 valence electrons. The van der Waals surface area contributed by atoms with E-state index in [9.17, 15) is 14.7 Å². The fourth-order valence-corrected chi connectivity index (χ4v) is 2.97. The summed E-state index contributed by atoms with van der Waals surface area (Å²) in [6.07, 6.45) is -1.31. The van der Waals surface area contributed by atoms with Crippen LogP contribution >= 0.6 is 15.9 Å². The molecule has 0 aliphatic rings. The van der Waals surface area contributed by atoms with E-state index in [1.54, 1.807) is 0 Å². The highest BCUT2D eigenvalue weighted by atomic mass is 31.3. The summed E-state index contributed by atoms with van der Waals surface area (Å²) in [5.74, 6) is 0. The standard InChI is InChI=1S/C4H12O8P2/c5-3-1-2-4(6,13(7,8)9)14(10,11)12/h5-6H,1-3H2,(H2,7,8,9)(H2,10,11,12)/p-1. The van der Waals surface area contributed by atoms with E-state index in [1.165, 1.54) is 0 Å². The van der Waals surface area contributed by atoms with E-state index in [0.717, 1.165) is 0 Å². The smallest absolute Gasteiger partial charge is 0.340 e. The molecule has 14 heavy (non-hydrogen) atoms. The molecule has 0 aliphatic carbocycles. The van der Waals surface area contributed by atoms with Crippen LogP contribution in [0.1, 0.15) is 12.8 Å². The second-order valence-electron chi connectivity index (χ2n) is 2.67. The highest BCUT2D eigenvalue weighted by molar-refractivity contribution is 7.76. The van der Waals surface area contributed by atoms with Crippen molar-refractivity contribution < 1.29 is 39.6 Å². The first-order valence-corrected chi connectivity index (χ1v) is 6.68. The first kappa shape index (κ1) is 14.5. The van der Waals surface area contributed by atoms with Gasteiger partial charge >= 0.3 is 13.0 Å². The number of aliphatic hydroxyl groups is 2. The van der Waals surface area contributed by atoms with Crippen molar-refractivity contribution >= 4 is 15.9 Å². The summed E-state index contributed by atoms with van der Waals surface area (Å²) in [7, 11) is -11.0. The molecule has 0 radical (unpaired) electrons. The van der Waals surface area contributed by atoms with Gasteiger partial charge < -0.3 is 24.9 Å². The van der Waals surface area contributed by atoms with Crippen LogP contribution in [0.25, 0.3) is 0 Å². The predicted molar refractivity (Wildman–Crippen MR) is 41.8 cm³/mol. The van der Waals surface area contributed by atoms with Crippen molar-refractivity contribution in [2.24, 2.45) is 0 Å². The second kappa shape index (κ2) is 4.59. The van der Waals surface area contributed by atoms with Gasteiger partial charge in [0.05, 0.1) is 6.42 Å². The van der Waals surface area contributed by atoms with Crippen LogP contribution in [-0.2, 0) is 0 Å². The predicted octanol–water partition coefficient (Wildman–Crippen LogP) is -4.01. The Morgan fingerprint density at radius 1 is 1.07 bits per heavy atom. The van der Waals surface area contributed by atoms with Crippen molar-refractivity contribution in [3.05, 3.63) is 0 Å².